The van der Waals surface area contributed by atoms with Gasteiger partial charge in [0.1, 0.15) is 12.1 Å². The molecule has 21 heavy (non-hydrogen) atoms. The average molecular weight is 306 g/mol. The quantitative estimate of drug-likeness (QED) is 0.301. The van der Waals surface area contributed by atoms with Crippen molar-refractivity contribution in [2.45, 2.75) is 13.1 Å². The lowest BCUT2D eigenvalue weighted by Crippen LogP contribution is -2.07. The fraction of sp³-hybridized carbons (Fsp3) is 0.250. The zero-order chi connectivity index (χ0) is 16.0. The number of ether oxygens (including phenoxy) is 1. The minimum Gasteiger partial charge on any atom is -0.513 e. The van der Waals surface area contributed by atoms with Gasteiger partial charge >= 0.3 is 12.1 Å². The Balaban J connectivity index is 2.96. The van der Waals surface area contributed by atoms with Crippen molar-refractivity contribution in [2.24, 2.45) is 10.2 Å². The number of aliphatic hydroxyl groups is 1. The molecule has 0 fully saturated rings. The molecule has 0 aromatic heterocycles. The number of nitrogens with zero attached hydrogens (tertiary/aromatic N) is 2. The summed E-state index contributed by atoms with van der Waals surface area (Å²) in [7, 11) is 0. The number of aliphatic hydroxyl groups excluding tert-OH is 1. The van der Waals surface area contributed by atoms with Gasteiger partial charge in [0, 0.05) is 6.07 Å². The van der Waals surface area contributed by atoms with Crippen LogP contribution in [0.15, 0.2) is 40.4 Å². The van der Waals surface area contributed by atoms with Gasteiger partial charge < -0.3 is 9.84 Å². The van der Waals surface area contributed by atoms with Crippen LogP contribution in [0.1, 0.15) is 12.5 Å². The van der Waals surface area contributed by atoms with E-state index in [1.165, 1.54) is 6.92 Å². The van der Waals surface area contributed by atoms with Crippen LogP contribution in [0.5, 0.6) is 0 Å². The van der Waals surface area contributed by atoms with Crippen LogP contribution in [-0.4, -0.2) is 17.7 Å². The van der Waals surface area contributed by atoms with Gasteiger partial charge in [-0.3, -0.25) is 0 Å². The Morgan fingerprint density at radius 2 is 2.10 bits per heavy atom. The van der Waals surface area contributed by atoms with E-state index < -0.39 is 29.2 Å². The minimum absolute atomic E-state index is 0.0284. The topological polar surface area (TPSA) is 71.2 Å². The summed E-state index contributed by atoms with van der Waals surface area (Å²) in [5, 5.41) is 15.4. The zero-order valence-corrected chi connectivity index (χ0v) is 10.7. The van der Waals surface area contributed by atoms with Crippen LogP contribution >= 0.6 is 0 Å². The smallest absolute Gasteiger partial charge is 0.419 e. The van der Waals surface area contributed by atoms with Gasteiger partial charge in [-0.05, 0) is 19.1 Å². The van der Waals surface area contributed by atoms with Gasteiger partial charge in [0.15, 0.2) is 0 Å². The maximum absolute atomic E-state index is 13.3. The molecule has 0 unspecified atom stereocenters. The lowest BCUT2D eigenvalue weighted by Gasteiger charge is -2.07. The van der Waals surface area contributed by atoms with Crippen LogP contribution in [0.2, 0.25) is 0 Å². The predicted molar refractivity (Wildman–Crippen MR) is 63.3 cm³/mol. The van der Waals surface area contributed by atoms with E-state index in [4.69, 9.17) is 5.11 Å². The van der Waals surface area contributed by atoms with Crippen LogP contribution in [0.4, 0.5) is 23.2 Å². The molecule has 0 saturated carbocycles. The number of benzene rings is 1. The lowest BCUT2D eigenvalue weighted by molar-refractivity contribution is -0.140. The van der Waals surface area contributed by atoms with E-state index in [1.54, 1.807) is 0 Å². The summed E-state index contributed by atoms with van der Waals surface area (Å²) in [4.78, 5) is 11.2. The van der Waals surface area contributed by atoms with Crippen molar-refractivity contribution in [1.82, 2.24) is 0 Å². The second-order valence-electron chi connectivity index (χ2n) is 3.60. The number of rotatable bonds is 4. The maximum Gasteiger partial charge on any atom is 0.419 e. The third-order valence-electron chi connectivity index (χ3n) is 2.14. The Hall–Kier alpha value is -2.45. The van der Waals surface area contributed by atoms with E-state index in [0.717, 1.165) is 6.07 Å². The summed E-state index contributed by atoms with van der Waals surface area (Å²) < 4.78 is 54.8. The molecule has 1 aromatic carbocycles. The highest BCUT2D eigenvalue weighted by Crippen LogP contribution is 2.33. The first-order valence-corrected chi connectivity index (χ1v) is 5.59. The lowest BCUT2D eigenvalue weighted by atomic mass is 10.2. The SMILES string of the molecule is CCOC(=O)/C(=C/O)N=Nc1ccc(C(F)(F)F)c(F)c1. The fourth-order valence-electron chi connectivity index (χ4n) is 1.23. The van der Waals surface area contributed by atoms with Crippen molar-refractivity contribution >= 4 is 11.7 Å². The van der Waals surface area contributed by atoms with Gasteiger partial charge in [0.05, 0.1) is 17.9 Å². The van der Waals surface area contributed by atoms with Crippen molar-refractivity contribution in [1.29, 1.82) is 0 Å². The highest BCUT2D eigenvalue weighted by Gasteiger charge is 2.33. The molecule has 5 nitrogen and oxygen atoms in total. The molecule has 0 atom stereocenters. The summed E-state index contributed by atoms with van der Waals surface area (Å²) in [6.07, 6.45) is -4.50. The Morgan fingerprint density at radius 3 is 2.57 bits per heavy atom. The Labute approximate surface area is 116 Å². The molecule has 114 valence electrons. The highest BCUT2D eigenvalue weighted by molar-refractivity contribution is 5.87. The molecule has 0 aliphatic carbocycles. The van der Waals surface area contributed by atoms with Crippen molar-refractivity contribution in [3.05, 3.63) is 41.5 Å². The van der Waals surface area contributed by atoms with Crippen LogP contribution < -0.4 is 0 Å². The molecule has 0 bridgehead atoms. The van der Waals surface area contributed by atoms with Crippen molar-refractivity contribution in [3.63, 3.8) is 0 Å². The Bertz CT molecular complexity index is 582. The number of esters is 1. The van der Waals surface area contributed by atoms with Crippen molar-refractivity contribution < 1.29 is 32.2 Å². The molecule has 1 N–H and O–H groups in total. The largest absolute Gasteiger partial charge is 0.513 e. The summed E-state index contributed by atoms with van der Waals surface area (Å²) in [6, 6.07) is 1.87. The number of carbonyl (C=O) groups is 1. The fourth-order valence-corrected chi connectivity index (χ4v) is 1.23. The molecular formula is C12H10F4N2O3. The molecule has 0 amide bonds. The van der Waals surface area contributed by atoms with Crippen molar-refractivity contribution in [3.8, 4) is 0 Å². The number of hydrogen-bond acceptors (Lipinski definition) is 5. The number of halogens is 4. The van der Waals surface area contributed by atoms with Gasteiger partial charge in [-0.1, -0.05) is 0 Å². The molecule has 0 heterocycles. The number of alkyl halides is 3. The molecule has 0 radical (unpaired) electrons. The van der Waals surface area contributed by atoms with Crippen LogP contribution in [0.25, 0.3) is 0 Å². The number of carbonyl (C=O) groups excluding carboxylic acids is 1. The van der Waals surface area contributed by atoms with E-state index in [2.05, 4.69) is 15.0 Å². The second kappa shape index (κ2) is 6.82. The first-order valence-electron chi connectivity index (χ1n) is 5.59. The highest BCUT2D eigenvalue weighted by atomic mass is 19.4. The average Bonchev–Trinajstić information content (AvgIpc) is 2.38. The molecule has 9 heteroatoms. The normalized spacial score (nSPS) is 12.7. The number of hydrogen-bond donors (Lipinski definition) is 1. The Morgan fingerprint density at radius 1 is 1.43 bits per heavy atom. The van der Waals surface area contributed by atoms with E-state index in [9.17, 15) is 22.4 Å². The first-order chi connectivity index (χ1) is 9.79. The van der Waals surface area contributed by atoms with E-state index in [-0.39, 0.29) is 12.3 Å². The standard InChI is InChI=1S/C12H10F4N2O3/c1-2-21-11(20)10(6-19)18-17-7-3-4-8(9(13)5-7)12(14,15)16/h3-6,19H,2H2,1H3/b10-6-,18-17?. The second-order valence-corrected chi connectivity index (χ2v) is 3.60. The van der Waals surface area contributed by atoms with E-state index in [0.29, 0.717) is 18.4 Å². The predicted octanol–water partition coefficient (Wildman–Crippen LogP) is 3.89. The third kappa shape index (κ3) is 4.55. The molecule has 1 rings (SSSR count). The monoisotopic (exact) mass is 306 g/mol. The van der Waals surface area contributed by atoms with Crippen LogP contribution in [0, 0.1) is 5.82 Å². The molecule has 0 aliphatic rings. The first kappa shape index (κ1) is 16.6. The molecule has 0 aliphatic heterocycles. The summed E-state index contributed by atoms with van der Waals surface area (Å²) in [6.45, 7) is 1.55. The van der Waals surface area contributed by atoms with Gasteiger partial charge in [-0.2, -0.15) is 18.3 Å². The van der Waals surface area contributed by atoms with Gasteiger partial charge in [0.25, 0.3) is 0 Å². The van der Waals surface area contributed by atoms with Crippen LogP contribution in [0.3, 0.4) is 0 Å². The van der Waals surface area contributed by atoms with Crippen LogP contribution in [-0.2, 0) is 15.7 Å². The molecule has 0 saturated heterocycles. The minimum atomic E-state index is -4.82. The molecular weight excluding hydrogens is 296 g/mol. The van der Waals surface area contributed by atoms with E-state index in [1.807, 2.05) is 0 Å². The maximum atomic E-state index is 13.3. The summed E-state index contributed by atoms with van der Waals surface area (Å²) in [5.41, 5.74) is -2.27. The van der Waals surface area contributed by atoms with Crippen molar-refractivity contribution in [2.75, 3.05) is 6.61 Å². The third-order valence-corrected chi connectivity index (χ3v) is 2.14. The van der Waals surface area contributed by atoms with E-state index >= 15 is 0 Å². The van der Waals surface area contributed by atoms with Gasteiger partial charge in [0.2, 0.25) is 5.70 Å². The molecule has 1 aromatic rings. The number of azo groups is 1. The molecule has 0 spiro atoms. The Kier molecular flexibility index (Phi) is 5.39. The zero-order valence-electron chi connectivity index (χ0n) is 10.7. The summed E-state index contributed by atoms with van der Waals surface area (Å²) >= 11 is 0. The summed E-state index contributed by atoms with van der Waals surface area (Å²) in [5.74, 6) is -2.50. The van der Waals surface area contributed by atoms with Gasteiger partial charge in [-0.15, -0.1) is 5.11 Å². The van der Waals surface area contributed by atoms with Gasteiger partial charge in [-0.25, -0.2) is 9.18 Å².